The number of rotatable bonds is 10. The van der Waals surface area contributed by atoms with Gasteiger partial charge in [-0.05, 0) is 68.3 Å². The zero-order valence-electron chi connectivity index (χ0n) is 19.0. The quantitative estimate of drug-likeness (QED) is 0.527. The number of carbonyl (C=O) groups excluding carboxylic acids is 1. The fraction of sp³-hybridized carbons (Fsp3) is 0.560. The fourth-order valence-corrected chi connectivity index (χ4v) is 4.44. The number of amides is 1. The molecule has 0 bridgehead atoms. The van der Waals surface area contributed by atoms with Gasteiger partial charge in [-0.3, -0.25) is 9.69 Å². The molecule has 1 unspecified atom stereocenters. The van der Waals surface area contributed by atoms with E-state index in [4.69, 9.17) is 0 Å². The van der Waals surface area contributed by atoms with Gasteiger partial charge in [0.05, 0.1) is 6.54 Å². The molecular weight excluding hydrogens is 429 g/mol. The maximum absolute atomic E-state index is 12.5. The van der Waals surface area contributed by atoms with Crippen molar-refractivity contribution in [3.63, 3.8) is 0 Å². The van der Waals surface area contributed by atoms with Crippen molar-refractivity contribution in [2.45, 2.75) is 45.4 Å². The molecule has 1 heterocycles. The predicted octanol–water partition coefficient (Wildman–Crippen LogP) is 5.10. The lowest BCUT2D eigenvalue weighted by Crippen LogP contribution is -2.39. The molecule has 0 saturated carbocycles. The third kappa shape index (κ3) is 8.27. The van der Waals surface area contributed by atoms with E-state index in [2.05, 4.69) is 71.4 Å². The Morgan fingerprint density at radius 1 is 1.00 bits per heavy atom. The van der Waals surface area contributed by atoms with E-state index in [1.54, 1.807) is 0 Å². The van der Waals surface area contributed by atoms with E-state index >= 15 is 0 Å². The van der Waals surface area contributed by atoms with Crippen LogP contribution in [0.25, 0.3) is 10.8 Å². The first-order valence-electron chi connectivity index (χ1n) is 11.4. The lowest BCUT2D eigenvalue weighted by atomic mass is 9.90. The topological polar surface area (TPSA) is 35.6 Å². The van der Waals surface area contributed by atoms with Crippen LogP contribution in [-0.4, -0.2) is 61.5 Å². The molecule has 1 aliphatic heterocycles. The molecule has 31 heavy (non-hydrogen) atoms. The molecule has 1 aliphatic rings. The molecule has 6 heteroatoms. The minimum absolute atomic E-state index is 0. The number of likely N-dealkylation sites (tertiary alicyclic amines) is 1. The van der Waals surface area contributed by atoms with Crippen molar-refractivity contribution in [3.05, 3.63) is 48.0 Å². The summed E-state index contributed by atoms with van der Waals surface area (Å²) in [6.07, 6.45) is 5.09. The SMILES string of the molecule is CCN(CC)CC(=O)NCC(CCN1CCCCC1)c1cccc2ccccc12.Cl.Cl. The summed E-state index contributed by atoms with van der Waals surface area (Å²) < 4.78 is 0. The Labute approximate surface area is 200 Å². The Morgan fingerprint density at radius 3 is 2.39 bits per heavy atom. The van der Waals surface area contributed by atoms with Gasteiger partial charge in [0.15, 0.2) is 0 Å². The molecule has 1 amide bonds. The largest absolute Gasteiger partial charge is 0.354 e. The van der Waals surface area contributed by atoms with Crippen LogP contribution in [0.3, 0.4) is 0 Å². The molecule has 2 aromatic rings. The minimum atomic E-state index is 0. The van der Waals surface area contributed by atoms with Crippen molar-refractivity contribution in [2.24, 2.45) is 0 Å². The molecule has 174 valence electrons. The van der Waals surface area contributed by atoms with Crippen molar-refractivity contribution in [1.82, 2.24) is 15.1 Å². The highest BCUT2D eigenvalue weighted by Gasteiger charge is 2.19. The second-order valence-corrected chi connectivity index (χ2v) is 8.22. The first kappa shape index (κ1) is 27.7. The van der Waals surface area contributed by atoms with E-state index in [9.17, 15) is 4.79 Å². The van der Waals surface area contributed by atoms with Crippen molar-refractivity contribution >= 4 is 41.5 Å². The minimum Gasteiger partial charge on any atom is -0.354 e. The van der Waals surface area contributed by atoms with Gasteiger partial charge in [-0.25, -0.2) is 0 Å². The second kappa shape index (κ2) is 14.7. The highest BCUT2D eigenvalue weighted by atomic mass is 35.5. The zero-order chi connectivity index (χ0) is 20.5. The monoisotopic (exact) mass is 467 g/mol. The summed E-state index contributed by atoms with van der Waals surface area (Å²) >= 11 is 0. The summed E-state index contributed by atoms with van der Waals surface area (Å²) in [5, 5.41) is 5.83. The number of piperidine rings is 1. The van der Waals surface area contributed by atoms with Crippen LogP contribution in [0.4, 0.5) is 0 Å². The normalized spacial score (nSPS) is 15.2. The molecule has 0 aliphatic carbocycles. The van der Waals surface area contributed by atoms with E-state index in [0.717, 1.165) is 26.1 Å². The van der Waals surface area contributed by atoms with Crippen molar-refractivity contribution in [2.75, 3.05) is 45.8 Å². The van der Waals surface area contributed by atoms with E-state index in [1.807, 2.05) is 0 Å². The first-order valence-corrected chi connectivity index (χ1v) is 11.4. The fourth-order valence-electron chi connectivity index (χ4n) is 4.44. The van der Waals surface area contributed by atoms with Gasteiger partial charge < -0.3 is 10.2 Å². The summed E-state index contributed by atoms with van der Waals surface area (Å²) in [4.78, 5) is 17.3. The van der Waals surface area contributed by atoms with Crippen LogP contribution in [-0.2, 0) is 4.79 Å². The van der Waals surface area contributed by atoms with Crippen molar-refractivity contribution in [1.29, 1.82) is 0 Å². The standard InChI is InChI=1S/C25H37N3O.2ClH/c1-3-27(4-2)20-25(29)26-19-22(15-18-28-16-8-5-9-17-28)24-14-10-12-21-11-6-7-13-23(21)24;;/h6-7,10-14,22H,3-5,8-9,15-20H2,1-2H3,(H,26,29);2*1H. The van der Waals surface area contributed by atoms with Crippen LogP contribution >= 0.6 is 24.8 Å². The Bertz CT molecular complexity index is 771. The highest BCUT2D eigenvalue weighted by Crippen LogP contribution is 2.28. The molecule has 2 aromatic carbocycles. The van der Waals surface area contributed by atoms with E-state index in [1.165, 1.54) is 48.7 Å². The first-order chi connectivity index (χ1) is 14.2. The van der Waals surface area contributed by atoms with Gasteiger partial charge in [-0.15, -0.1) is 24.8 Å². The Morgan fingerprint density at radius 2 is 1.68 bits per heavy atom. The number of hydrogen-bond acceptors (Lipinski definition) is 3. The Kier molecular flexibility index (Phi) is 13.1. The number of fused-ring (bicyclic) bond motifs is 1. The summed E-state index contributed by atoms with van der Waals surface area (Å²) in [6, 6.07) is 15.2. The number of likely N-dealkylation sites (N-methyl/N-ethyl adjacent to an activating group) is 1. The van der Waals surface area contributed by atoms with Gasteiger partial charge in [0.2, 0.25) is 5.91 Å². The Hall–Kier alpha value is -1.33. The number of nitrogens with one attached hydrogen (secondary N) is 1. The third-order valence-corrected chi connectivity index (χ3v) is 6.31. The summed E-state index contributed by atoms with van der Waals surface area (Å²) in [7, 11) is 0. The molecule has 1 fully saturated rings. The molecule has 0 spiro atoms. The van der Waals surface area contributed by atoms with E-state index < -0.39 is 0 Å². The number of benzene rings is 2. The average molecular weight is 469 g/mol. The lowest BCUT2D eigenvalue weighted by molar-refractivity contribution is -0.122. The van der Waals surface area contributed by atoms with E-state index in [-0.39, 0.29) is 30.7 Å². The smallest absolute Gasteiger partial charge is 0.234 e. The van der Waals surface area contributed by atoms with Gasteiger partial charge >= 0.3 is 0 Å². The third-order valence-electron chi connectivity index (χ3n) is 6.31. The van der Waals surface area contributed by atoms with Gasteiger partial charge in [0, 0.05) is 12.5 Å². The number of carbonyl (C=O) groups is 1. The van der Waals surface area contributed by atoms with Crippen LogP contribution in [0.1, 0.15) is 51.0 Å². The summed E-state index contributed by atoms with van der Waals surface area (Å²) in [5.74, 6) is 0.473. The van der Waals surface area contributed by atoms with Crippen molar-refractivity contribution < 1.29 is 4.79 Å². The number of nitrogens with zero attached hydrogens (tertiary/aromatic N) is 2. The van der Waals surface area contributed by atoms with Crippen LogP contribution in [0.2, 0.25) is 0 Å². The Balaban J connectivity index is 0.00000240. The van der Waals surface area contributed by atoms with Gasteiger partial charge in [-0.2, -0.15) is 0 Å². The molecular formula is C25H39Cl2N3O. The molecule has 0 radical (unpaired) electrons. The summed E-state index contributed by atoms with van der Waals surface area (Å²) in [5.41, 5.74) is 1.36. The summed E-state index contributed by atoms with van der Waals surface area (Å²) in [6.45, 7) is 10.8. The van der Waals surface area contributed by atoms with E-state index in [0.29, 0.717) is 19.0 Å². The molecule has 0 aromatic heterocycles. The molecule has 1 saturated heterocycles. The molecule has 1 atom stereocenters. The van der Waals surface area contributed by atoms with Gasteiger partial charge in [0.25, 0.3) is 0 Å². The number of halogens is 2. The predicted molar refractivity (Wildman–Crippen MR) is 137 cm³/mol. The highest BCUT2D eigenvalue weighted by molar-refractivity contribution is 5.86. The maximum Gasteiger partial charge on any atom is 0.234 e. The molecule has 3 rings (SSSR count). The van der Waals surface area contributed by atoms with Crippen LogP contribution in [0, 0.1) is 0 Å². The van der Waals surface area contributed by atoms with Crippen LogP contribution in [0.5, 0.6) is 0 Å². The van der Waals surface area contributed by atoms with Crippen molar-refractivity contribution in [3.8, 4) is 0 Å². The second-order valence-electron chi connectivity index (χ2n) is 8.22. The lowest BCUT2D eigenvalue weighted by Gasteiger charge is -2.29. The maximum atomic E-state index is 12.5. The van der Waals surface area contributed by atoms with Gasteiger partial charge in [-0.1, -0.05) is 62.7 Å². The van der Waals surface area contributed by atoms with Gasteiger partial charge in [0.1, 0.15) is 0 Å². The zero-order valence-corrected chi connectivity index (χ0v) is 20.6. The van der Waals surface area contributed by atoms with Crippen LogP contribution < -0.4 is 5.32 Å². The molecule has 4 nitrogen and oxygen atoms in total. The average Bonchev–Trinajstić information content (AvgIpc) is 2.78. The van der Waals surface area contributed by atoms with Crippen LogP contribution in [0.15, 0.2) is 42.5 Å². The molecule has 1 N–H and O–H groups in total. The number of hydrogen-bond donors (Lipinski definition) is 1.